The Kier molecular flexibility index (Phi) is 1.92. The molecule has 2 aliphatic carbocycles. The van der Waals surface area contributed by atoms with Gasteiger partial charge in [0.15, 0.2) is 0 Å². The summed E-state index contributed by atoms with van der Waals surface area (Å²) in [7, 11) is 0. The van der Waals surface area contributed by atoms with Crippen molar-refractivity contribution in [3.05, 3.63) is 0 Å². The summed E-state index contributed by atoms with van der Waals surface area (Å²) < 4.78 is 0. The Morgan fingerprint density at radius 2 is 1.91 bits per heavy atom. The maximum absolute atomic E-state index is 5.70. The van der Waals surface area contributed by atoms with Crippen LogP contribution in [0.15, 0.2) is 0 Å². The van der Waals surface area contributed by atoms with Crippen molar-refractivity contribution in [1.29, 1.82) is 0 Å². The van der Waals surface area contributed by atoms with E-state index >= 15 is 0 Å². The van der Waals surface area contributed by atoms with Crippen molar-refractivity contribution in [2.75, 3.05) is 6.54 Å². The van der Waals surface area contributed by atoms with E-state index in [2.05, 4.69) is 0 Å². The Balaban J connectivity index is 1.92. The molecule has 1 nitrogen and oxygen atoms in total. The van der Waals surface area contributed by atoms with E-state index in [1.165, 1.54) is 44.9 Å². The molecule has 1 atom stereocenters. The van der Waals surface area contributed by atoms with Crippen LogP contribution >= 0.6 is 0 Å². The van der Waals surface area contributed by atoms with Crippen LogP contribution in [0.25, 0.3) is 0 Å². The molecule has 0 radical (unpaired) electrons. The van der Waals surface area contributed by atoms with Gasteiger partial charge in [0.25, 0.3) is 0 Å². The number of rotatable bonds is 1. The topological polar surface area (TPSA) is 26.0 Å². The highest BCUT2D eigenvalue weighted by Gasteiger charge is 2.40. The first-order valence-electron chi connectivity index (χ1n) is 5.05. The Morgan fingerprint density at radius 3 is 2.45 bits per heavy atom. The summed E-state index contributed by atoms with van der Waals surface area (Å²) in [6, 6.07) is 0. The fraction of sp³-hybridized carbons (Fsp3) is 1.00. The number of nitrogens with two attached hydrogens (primary N) is 1. The molecule has 11 heavy (non-hydrogen) atoms. The molecule has 2 saturated carbocycles. The van der Waals surface area contributed by atoms with Gasteiger partial charge in [-0.3, -0.25) is 0 Å². The van der Waals surface area contributed by atoms with E-state index in [1.807, 2.05) is 0 Å². The van der Waals surface area contributed by atoms with Gasteiger partial charge in [-0.15, -0.1) is 0 Å². The predicted octanol–water partition coefficient (Wildman–Crippen LogP) is 2.31. The average Bonchev–Trinajstić information content (AvgIpc) is 2.02. The van der Waals surface area contributed by atoms with Gasteiger partial charge < -0.3 is 5.73 Å². The van der Waals surface area contributed by atoms with Crippen LogP contribution < -0.4 is 5.73 Å². The summed E-state index contributed by atoms with van der Waals surface area (Å²) in [5.74, 6) is 0.865. The minimum absolute atomic E-state index is 0.794. The molecule has 0 aromatic carbocycles. The molecule has 2 rings (SSSR count). The third-order valence-electron chi connectivity index (χ3n) is 3.79. The van der Waals surface area contributed by atoms with Crippen molar-refractivity contribution < 1.29 is 0 Å². The fourth-order valence-corrected chi connectivity index (χ4v) is 2.91. The predicted molar refractivity (Wildman–Crippen MR) is 47.3 cm³/mol. The molecule has 0 bridgehead atoms. The maximum atomic E-state index is 5.70. The second-order valence-electron chi connectivity index (χ2n) is 4.55. The smallest absolute Gasteiger partial charge is 0.00487 e. The molecule has 2 aliphatic rings. The fourth-order valence-electron chi connectivity index (χ4n) is 2.91. The maximum Gasteiger partial charge on any atom is -0.00487 e. The molecule has 0 amide bonds. The Hall–Kier alpha value is -0.0400. The standard InChI is InChI=1S/C10H19N/c11-8-9-3-1-4-10(7-9)5-2-6-10/h9H,1-8,11H2. The van der Waals surface area contributed by atoms with Crippen molar-refractivity contribution >= 4 is 0 Å². The largest absolute Gasteiger partial charge is 0.330 e. The first-order valence-corrected chi connectivity index (χ1v) is 5.05. The van der Waals surface area contributed by atoms with Gasteiger partial charge in [0.1, 0.15) is 0 Å². The van der Waals surface area contributed by atoms with Crippen LogP contribution in [0.3, 0.4) is 0 Å². The highest BCUT2D eigenvalue weighted by atomic mass is 14.6. The van der Waals surface area contributed by atoms with E-state index in [0.29, 0.717) is 0 Å². The van der Waals surface area contributed by atoms with Crippen LogP contribution in [0.5, 0.6) is 0 Å². The molecule has 0 aromatic rings. The molecule has 2 N–H and O–H groups in total. The van der Waals surface area contributed by atoms with E-state index in [0.717, 1.165) is 17.9 Å². The van der Waals surface area contributed by atoms with Gasteiger partial charge >= 0.3 is 0 Å². The van der Waals surface area contributed by atoms with Crippen molar-refractivity contribution in [3.8, 4) is 0 Å². The SMILES string of the molecule is NCC1CCCC2(CCC2)C1. The molecule has 0 heterocycles. The average molecular weight is 153 g/mol. The van der Waals surface area contributed by atoms with Gasteiger partial charge in [0, 0.05) is 0 Å². The van der Waals surface area contributed by atoms with Crippen LogP contribution in [-0.2, 0) is 0 Å². The molecule has 1 unspecified atom stereocenters. The van der Waals surface area contributed by atoms with Crippen molar-refractivity contribution in [2.24, 2.45) is 17.1 Å². The van der Waals surface area contributed by atoms with Crippen LogP contribution in [0.4, 0.5) is 0 Å². The first kappa shape index (κ1) is 7.60. The molecular weight excluding hydrogens is 134 g/mol. The zero-order chi connectivity index (χ0) is 7.73. The number of hydrogen-bond donors (Lipinski definition) is 1. The minimum atomic E-state index is 0.794. The second kappa shape index (κ2) is 2.78. The van der Waals surface area contributed by atoms with Crippen molar-refractivity contribution in [3.63, 3.8) is 0 Å². The lowest BCUT2D eigenvalue weighted by Gasteiger charge is -2.47. The van der Waals surface area contributed by atoms with Gasteiger partial charge in [0.2, 0.25) is 0 Å². The van der Waals surface area contributed by atoms with Gasteiger partial charge in [0.05, 0.1) is 0 Å². The lowest BCUT2D eigenvalue weighted by molar-refractivity contribution is 0.0488. The normalized spacial score (nSPS) is 35.2. The highest BCUT2D eigenvalue weighted by molar-refractivity contribution is 4.92. The Labute approximate surface area is 69.4 Å². The summed E-state index contributed by atoms with van der Waals surface area (Å²) in [4.78, 5) is 0. The van der Waals surface area contributed by atoms with Crippen molar-refractivity contribution in [1.82, 2.24) is 0 Å². The van der Waals surface area contributed by atoms with E-state index in [-0.39, 0.29) is 0 Å². The summed E-state index contributed by atoms with van der Waals surface area (Å²) >= 11 is 0. The van der Waals surface area contributed by atoms with Crippen molar-refractivity contribution in [2.45, 2.75) is 44.9 Å². The lowest BCUT2D eigenvalue weighted by atomic mass is 9.58. The summed E-state index contributed by atoms with van der Waals surface area (Å²) in [6.45, 7) is 0.932. The molecule has 1 spiro atoms. The summed E-state index contributed by atoms with van der Waals surface area (Å²) in [5, 5.41) is 0. The quantitative estimate of drug-likeness (QED) is 0.614. The van der Waals surface area contributed by atoms with E-state index < -0.39 is 0 Å². The second-order valence-corrected chi connectivity index (χ2v) is 4.55. The van der Waals surface area contributed by atoms with Gasteiger partial charge in [-0.25, -0.2) is 0 Å². The molecule has 1 heteroatoms. The first-order chi connectivity index (χ1) is 5.35. The lowest BCUT2D eigenvalue weighted by Crippen LogP contribution is -2.37. The van der Waals surface area contributed by atoms with E-state index in [9.17, 15) is 0 Å². The number of hydrogen-bond acceptors (Lipinski definition) is 1. The monoisotopic (exact) mass is 153 g/mol. The van der Waals surface area contributed by atoms with Crippen LogP contribution in [0, 0.1) is 11.3 Å². The third-order valence-corrected chi connectivity index (χ3v) is 3.79. The van der Waals surface area contributed by atoms with Crippen LogP contribution in [0.2, 0.25) is 0 Å². The molecular formula is C10H19N. The van der Waals surface area contributed by atoms with Crippen LogP contribution in [-0.4, -0.2) is 6.54 Å². The third kappa shape index (κ3) is 1.31. The zero-order valence-corrected chi connectivity index (χ0v) is 7.31. The Morgan fingerprint density at radius 1 is 1.18 bits per heavy atom. The minimum Gasteiger partial charge on any atom is -0.330 e. The van der Waals surface area contributed by atoms with E-state index in [1.54, 1.807) is 0 Å². The highest BCUT2D eigenvalue weighted by Crippen LogP contribution is 2.52. The molecule has 64 valence electrons. The molecule has 0 saturated heterocycles. The van der Waals surface area contributed by atoms with Gasteiger partial charge in [-0.2, -0.15) is 0 Å². The molecule has 0 aliphatic heterocycles. The van der Waals surface area contributed by atoms with Gasteiger partial charge in [-0.05, 0) is 50.0 Å². The van der Waals surface area contributed by atoms with Gasteiger partial charge in [-0.1, -0.05) is 12.8 Å². The summed E-state index contributed by atoms with van der Waals surface area (Å²) in [6.07, 6.45) is 10.3. The molecule has 2 fully saturated rings. The Bertz CT molecular complexity index is 138. The zero-order valence-electron chi connectivity index (χ0n) is 7.31. The van der Waals surface area contributed by atoms with Crippen LogP contribution in [0.1, 0.15) is 44.9 Å². The summed E-state index contributed by atoms with van der Waals surface area (Å²) in [5.41, 5.74) is 6.50. The molecule has 0 aromatic heterocycles. The van der Waals surface area contributed by atoms with E-state index in [4.69, 9.17) is 5.73 Å².